The number of ether oxygens (including phenoxy) is 1. The summed E-state index contributed by atoms with van der Waals surface area (Å²) in [5.74, 6) is -1.92. The number of allylic oxidation sites excluding steroid dienone is 2. The van der Waals surface area contributed by atoms with Crippen LogP contribution in [0.25, 0.3) is 0 Å². The van der Waals surface area contributed by atoms with Crippen molar-refractivity contribution in [3.05, 3.63) is 65.2 Å². The van der Waals surface area contributed by atoms with Crippen LogP contribution >= 0.6 is 11.6 Å². The predicted octanol–water partition coefficient (Wildman–Crippen LogP) is 4.06. The van der Waals surface area contributed by atoms with Gasteiger partial charge >= 0.3 is 5.97 Å². The Bertz CT molecular complexity index is 1200. The van der Waals surface area contributed by atoms with Crippen molar-refractivity contribution in [2.45, 2.75) is 26.2 Å². The molecule has 0 spiro atoms. The summed E-state index contributed by atoms with van der Waals surface area (Å²) in [5.41, 5.74) is 1.85. The molecule has 0 saturated carbocycles. The third-order valence-electron chi connectivity index (χ3n) is 6.73. The first-order chi connectivity index (χ1) is 16.3. The van der Waals surface area contributed by atoms with Crippen LogP contribution < -0.4 is 14.5 Å². The van der Waals surface area contributed by atoms with Crippen LogP contribution in [0.2, 0.25) is 5.02 Å². The number of benzene rings is 2. The summed E-state index contributed by atoms with van der Waals surface area (Å²) in [6.45, 7) is 2.00. The third kappa shape index (κ3) is 3.90. The number of anilines is 2. The van der Waals surface area contributed by atoms with Crippen LogP contribution in [0.5, 0.6) is 5.75 Å². The van der Waals surface area contributed by atoms with Crippen molar-refractivity contribution in [3.8, 4) is 5.75 Å². The minimum absolute atomic E-state index is 0.0616. The van der Waals surface area contributed by atoms with E-state index < -0.39 is 11.9 Å². The Kier molecular flexibility index (Phi) is 5.73. The van der Waals surface area contributed by atoms with Crippen molar-refractivity contribution >= 4 is 46.7 Å². The number of halogens is 1. The monoisotopic (exact) mass is 478 g/mol. The molecule has 0 unspecified atom stereocenters. The topological polar surface area (TPSA) is 84.0 Å². The van der Waals surface area contributed by atoms with Gasteiger partial charge in [-0.2, -0.15) is 0 Å². The van der Waals surface area contributed by atoms with Crippen LogP contribution in [0.4, 0.5) is 11.4 Å². The molecule has 0 aromatic heterocycles. The van der Waals surface area contributed by atoms with Gasteiger partial charge in [-0.3, -0.25) is 19.2 Å². The van der Waals surface area contributed by atoms with Crippen LogP contribution in [0, 0.1) is 24.7 Å². The molecule has 0 bridgehead atoms. The van der Waals surface area contributed by atoms with Gasteiger partial charge in [0.25, 0.3) is 0 Å². The van der Waals surface area contributed by atoms with Crippen LogP contribution in [-0.2, 0) is 19.2 Å². The lowest BCUT2D eigenvalue weighted by atomic mass is 9.85. The molecule has 2 aromatic carbocycles. The van der Waals surface area contributed by atoms with Gasteiger partial charge in [0.05, 0.1) is 23.4 Å². The van der Waals surface area contributed by atoms with Gasteiger partial charge in [0.2, 0.25) is 17.7 Å². The Hall–Kier alpha value is -3.45. The van der Waals surface area contributed by atoms with E-state index in [2.05, 4.69) is 0 Å². The molecule has 8 heteroatoms. The molecule has 3 amide bonds. The number of carbonyl (C=O) groups excluding carboxylic acids is 4. The number of nitrogens with zero attached hydrogens (tertiary/aromatic N) is 2. The molecule has 7 nitrogen and oxygen atoms in total. The zero-order chi connectivity index (χ0) is 24.0. The van der Waals surface area contributed by atoms with Gasteiger partial charge in [0.1, 0.15) is 5.75 Å². The molecule has 5 rings (SSSR count). The Morgan fingerprint density at radius 1 is 0.971 bits per heavy atom. The van der Waals surface area contributed by atoms with Crippen molar-refractivity contribution in [2.75, 3.05) is 16.3 Å². The van der Waals surface area contributed by atoms with Crippen molar-refractivity contribution in [1.29, 1.82) is 0 Å². The summed E-state index contributed by atoms with van der Waals surface area (Å²) in [6.07, 6.45) is 5.12. The summed E-state index contributed by atoms with van der Waals surface area (Å²) in [7, 11) is 0. The molecule has 3 aliphatic rings. The average molecular weight is 479 g/mol. The summed E-state index contributed by atoms with van der Waals surface area (Å²) in [6, 6.07) is 11.7. The predicted molar refractivity (Wildman–Crippen MR) is 127 cm³/mol. The summed E-state index contributed by atoms with van der Waals surface area (Å²) in [5, 5.41) is 0.568. The number of hydrogen-bond acceptors (Lipinski definition) is 5. The van der Waals surface area contributed by atoms with E-state index in [0.29, 0.717) is 40.6 Å². The van der Waals surface area contributed by atoms with Gasteiger partial charge in [0.15, 0.2) is 0 Å². The zero-order valence-corrected chi connectivity index (χ0v) is 19.3. The fourth-order valence-corrected chi connectivity index (χ4v) is 5.04. The fraction of sp³-hybridized carbons (Fsp3) is 0.308. The van der Waals surface area contributed by atoms with Crippen molar-refractivity contribution < 1.29 is 23.9 Å². The van der Waals surface area contributed by atoms with Gasteiger partial charge in [-0.25, -0.2) is 4.90 Å². The molecule has 0 radical (unpaired) electrons. The lowest BCUT2D eigenvalue weighted by molar-refractivity contribution is -0.139. The van der Waals surface area contributed by atoms with E-state index in [1.807, 2.05) is 12.2 Å². The number of esters is 1. The second-order valence-corrected chi connectivity index (χ2v) is 9.36. The van der Waals surface area contributed by atoms with Gasteiger partial charge < -0.3 is 9.64 Å². The maximum absolute atomic E-state index is 12.9. The molecule has 34 heavy (non-hydrogen) atoms. The van der Waals surface area contributed by atoms with E-state index in [1.54, 1.807) is 54.3 Å². The molecule has 174 valence electrons. The standard InChI is InChI=1S/C26H23ClN2O5/c1-15-12-19(10-11-22(15)29-24(31)20-4-2-3-5-21(20)25(29)32)34-26(33)16-13-23(30)28(14-16)18-8-6-17(27)7-9-18/h2-3,6-12,16,20-21H,4-5,13-14H2,1H3/t16-,20-,21+/m0/s1. The third-order valence-corrected chi connectivity index (χ3v) is 6.98. The zero-order valence-electron chi connectivity index (χ0n) is 18.6. The molecule has 2 heterocycles. The van der Waals surface area contributed by atoms with Crippen molar-refractivity contribution in [2.24, 2.45) is 17.8 Å². The van der Waals surface area contributed by atoms with Crippen LogP contribution in [0.1, 0.15) is 24.8 Å². The maximum atomic E-state index is 12.9. The van der Waals surface area contributed by atoms with Crippen molar-refractivity contribution in [3.63, 3.8) is 0 Å². The normalized spacial score (nSPS) is 24.1. The largest absolute Gasteiger partial charge is 0.426 e. The summed E-state index contributed by atoms with van der Waals surface area (Å²) >= 11 is 5.92. The average Bonchev–Trinajstić information content (AvgIpc) is 3.33. The Labute approximate surface area is 201 Å². The lowest BCUT2D eigenvalue weighted by Crippen LogP contribution is -2.31. The highest BCUT2D eigenvalue weighted by Crippen LogP contribution is 2.39. The maximum Gasteiger partial charge on any atom is 0.316 e. The van der Waals surface area contributed by atoms with E-state index in [4.69, 9.17) is 16.3 Å². The van der Waals surface area contributed by atoms with E-state index in [-0.39, 0.29) is 42.5 Å². The number of rotatable bonds is 4. The van der Waals surface area contributed by atoms with Crippen LogP contribution in [0.15, 0.2) is 54.6 Å². The first-order valence-electron chi connectivity index (χ1n) is 11.2. The quantitative estimate of drug-likeness (QED) is 0.286. The molecule has 0 N–H and O–H groups in total. The summed E-state index contributed by atoms with van der Waals surface area (Å²) in [4.78, 5) is 53.8. The molecular formula is C26H23ClN2O5. The number of aryl methyl sites for hydroxylation is 1. The van der Waals surface area contributed by atoms with Crippen LogP contribution in [-0.4, -0.2) is 30.2 Å². The van der Waals surface area contributed by atoms with E-state index in [1.165, 1.54) is 4.90 Å². The van der Waals surface area contributed by atoms with Crippen LogP contribution in [0.3, 0.4) is 0 Å². The van der Waals surface area contributed by atoms with Gasteiger partial charge in [-0.15, -0.1) is 0 Å². The molecule has 2 fully saturated rings. The molecule has 2 aromatic rings. The first-order valence-corrected chi connectivity index (χ1v) is 11.6. The van der Waals surface area contributed by atoms with Gasteiger partial charge in [-0.05, 0) is 67.8 Å². The second kappa shape index (κ2) is 8.72. The number of carbonyl (C=O) groups is 4. The second-order valence-electron chi connectivity index (χ2n) is 8.92. The minimum atomic E-state index is -0.597. The van der Waals surface area contributed by atoms with Crippen molar-refractivity contribution in [1.82, 2.24) is 0 Å². The first kappa shape index (κ1) is 22.3. The highest BCUT2D eigenvalue weighted by Gasteiger charge is 2.48. The van der Waals surface area contributed by atoms with E-state index in [0.717, 1.165) is 0 Å². The molecular weight excluding hydrogens is 456 g/mol. The SMILES string of the molecule is Cc1cc(OC(=O)[C@H]2CC(=O)N(c3ccc(Cl)cc3)C2)ccc1N1C(=O)[C@H]2CC=CC[C@H]2C1=O. The van der Waals surface area contributed by atoms with Gasteiger partial charge in [0, 0.05) is 23.7 Å². The van der Waals surface area contributed by atoms with E-state index in [9.17, 15) is 19.2 Å². The number of amides is 3. The lowest BCUT2D eigenvalue weighted by Gasteiger charge is -2.19. The Morgan fingerprint density at radius 3 is 2.24 bits per heavy atom. The summed E-state index contributed by atoms with van der Waals surface area (Å²) < 4.78 is 5.56. The smallest absolute Gasteiger partial charge is 0.316 e. The fourth-order valence-electron chi connectivity index (χ4n) is 4.92. The molecule has 1 aliphatic carbocycles. The Morgan fingerprint density at radius 2 is 1.62 bits per heavy atom. The molecule has 3 atom stereocenters. The number of imide groups is 1. The number of fused-ring (bicyclic) bond motifs is 1. The highest BCUT2D eigenvalue weighted by molar-refractivity contribution is 6.30. The number of hydrogen-bond donors (Lipinski definition) is 0. The van der Waals surface area contributed by atoms with E-state index >= 15 is 0 Å². The highest BCUT2D eigenvalue weighted by atomic mass is 35.5. The Balaban J connectivity index is 1.28. The minimum Gasteiger partial charge on any atom is -0.426 e. The molecule has 2 saturated heterocycles. The van der Waals surface area contributed by atoms with Gasteiger partial charge in [-0.1, -0.05) is 23.8 Å². The molecule has 2 aliphatic heterocycles.